The maximum Gasteiger partial charge on any atom is 0.171 e. The van der Waals surface area contributed by atoms with Crippen molar-refractivity contribution < 1.29 is 0 Å². The molecule has 0 amide bonds. The van der Waals surface area contributed by atoms with Gasteiger partial charge in [-0.1, -0.05) is 50.1 Å². The van der Waals surface area contributed by atoms with Gasteiger partial charge in [-0.25, -0.2) is 0 Å². The molecule has 21 heavy (non-hydrogen) atoms. The molecule has 0 heterocycles. The van der Waals surface area contributed by atoms with Crippen LogP contribution in [0.2, 0.25) is 0 Å². The van der Waals surface area contributed by atoms with Crippen LogP contribution in [0.4, 0.5) is 5.69 Å². The molecular weight excluding hydrogens is 276 g/mol. The largest absolute Gasteiger partial charge is 0.359 e. The lowest BCUT2D eigenvalue weighted by Gasteiger charge is -2.30. The van der Waals surface area contributed by atoms with Crippen molar-refractivity contribution in [3.63, 3.8) is 0 Å². The third-order valence-corrected chi connectivity index (χ3v) is 4.66. The van der Waals surface area contributed by atoms with Crippen LogP contribution in [0.25, 0.3) is 10.8 Å². The van der Waals surface area contributed by atoms with Crippen molar-refractivity contribution in [3.8, 4) is 0 Å². The quantitative estimate of drug-likeness (QED) is 0.786. The van der Waals surface area contributed by atoms with Crippen LogP contribution in [0.3, 0.4) is 0 Å². The number of hydrogen-bond acceptors (Lipinski definition) is 1. The van der Waals surface area contributed by atoms with Crippen molar-refractivity contribution in [2.45, 2.75) is 38.6 Å². The lowest BCUT2D eigenvalue weighted by Crippen LogP contribution is -2.43. The minimum atomic E-state index is 0.513. The number of hydrogen-bond donors (Lipinski definition) is 2. The van der Waals surface area contributed by atoms with Gasteiger partial charge >= 0.3 is 0 Å². The van der Waals surface area contributed by atoms with Crippen molar-refractivity contribution in [2.75, 3.05) is 5.32 Å². The van der Waals surface area contributed by atoms with E-state index >= 15 is 0 Å². The number of anilines is 1. The minimum absolute atomic E-state index is 0.513. The van der Waals surface area contributed by atoms with Crippen molar-refractivity contribution in [3.05, 3.63) is 42.5 Å². The standard InChI is InChI=1S/C18H22N2S/c1-13-6-2-5-9-17(13)20-18(21)19-16-11-10-14-7-3-4-8-15(14)12-16/h3-4,7-8,10-13,17H,2,5-6,9H2,1H3,(H2,19,20,21)/t13-,17-/m1/s1. The summed E-state index contributed by atoms with van der Waals surface area (Å²) in [4.78, 5) is 0. The molecule has 3 heteroatoms. The fourth-order valence-corrected chi connectivity index (χ4v) is 3.40. The van der Waals surface area contributed by atoms with E-state index in [1.807, 2.05) is 0 Å². The number of thiocarbonyl (C=S) groups is 1. The third-order valence-electron chi connectivity index (χ3n) is 4.44. The fraction of sp³-hybridized carbons (Fsp3) is 0.389. The first-order valence-electron chi connectivity index (χ1n) is 7.79. The SMILES string of the molecule is C[C@@H]1CCCC[C@H]1NC(=S)Nc1ccc2ccccc2c1. The smallest absolute Gasteiger partial charge is 0.171 e. The van der Waals surface area contributed by atoms with Gasteiger partial charge in [-0.3, -0.25) is 0 Å². The van der Waals surface area contributed by atoms with Gasteiger partial charge in [0.2, 0.25) is 0 Å². The molecule has 2 aromatic rings. The highest BCUT2D eigenvalue weighted by Crippen LogP contribution is 2.24. The molecule has 0 radical (unpaired) electrons. The molecule has 0 bridgehead atoms. The van der Waals surface area contributed by atoms with Crippen LogP contribution < -0.4 is 10.6 Å². The summed E-state index contributed by atoms with van der Waals surface area (Å²) in [5, 5.41) is 10.0. The molecule has 2 aromatic carbocycles. The molecule has 0 saturated heterocycles. The van der Waals surface area contributed by atoms with Gasteiger partial charge in [0, 0.05) is 11.7 Å². The summed E-state index contributed by atoms with van der Waals surface area (Å²) in [6.45, 7) is 2.31. The zero-order valence-electron chi connectivity index (χ0n) is 12.4. The summed E-state index contributed by atoms with van der Waals surface area (Å²) in [5.41, 5.74) is 1.05. The van der Waals surface area contributed by atoms with Gasteiger partial charge < -0.3 is 10.6 Å². The third kappa shape index (κ3) is 3.53. The topological polar surface area (TPSA) is 24.1 Å². The average molecular weight is 298 g/mol. The van der Waals surface area contributed by atoms with E-state index in [1.54, 1.807) is 0 Å². The van der Waals surface area contributed by atoms with Crippen molar-refractivity contribution >= 4 is 33.8 Å². The second-order valence-electron chi connectivity index (χ2n) is 6.03. The zero-order valence-corrected chi connectivity index (χ0v) is 13.2. The lowest BCUT2D eigenvalue weighted by atomic mass is 9.86. The van der Waals surface area contributed by atoms with Gasteiger partial charge in [0.1, 0.15) is 0 Å². The van der Waals surface area contributed by atoms with Crippen LogP contribution in [0.1, 0.15) is 32.6 Å². The predicted octanol–water partition coefficient (Wildman–Crippen LogP) is 4.70. The molecule has 0 aromatic heterocycles. The van der Waals surface area contributed by atoms with E-state index < -0.39 is 0 Å². The van der Waals surface area contributed by atoms with E-state index in [1.165, 1.54) is 36.5 Å². The minimum Gasteiger partial charge on any atom is -0.359 e. The molecule has 1 fully saturated rings. The highest BCUT2D eigenvalue weighted by molar-refractivity contribution is 7.80. The molecule has 110 valence electrons. The Labute approximate surface area is 131 Å². The van der Waals surface area contributed by atoms with E-state index in [9.17, 15) is 0 Å². The first-order chi connectivity index (χ1) is 10.2. The number of benzene rings is 2. The summed E-state index contributed by atoms with van der Waals surface area (Å²) in [5.74, 6) is 0.704. The molecule has 3 rings (SSSR count). The van der Waals surface area contributed by atoms with Crippen LogP contribution in [0.15, 0.2) is 42.5 Å². The van der Waals surface area contributed by atoms with E-state index in [0.717, 1.165) is 10.8 Å². The number of nitrogens with one attached hydrogen (secondary N) is 2. The molecule has 0 spiro atoms. The Morgan fingerprint density at radius 3 is 2.62 bits per heavy atom. The van der Waals surface area contributed by atoms with Gasteiger partial charge in [-0.05, 0) is 53.9 Å². The van der Waals surface area contributed by atoms with E-state index in [0.29, 0.717) is 12.0 Å². The van der Waals surface area contributed by atoms with Crippen molar-refractivity contribution in [2.24, 2.45) is 5.92 Å². The molecule has 0 unspecified atom stereocenters. The van der Waals surface area contributed by atoms with Crippen LogP contribution in [0, 0.1) is 5.92 Å². The van der Waals surface area contributed by atoms with Gasteiger partial charge in [0.15, 0.2) is 5.11 Å². The summed E-state index contributed by atoms with van der Waals surface area (Å²) >= 11 is 5.47. The van der Waals surface area contributed by atoms with E-state index in [-0.39, 0.29) is 0 Å². The van der Waals surface area contributed by atoms with Crippen LogP contribution in [-0.4, -0.2) is 11.2 Å². The van der Waals surface area contributed by atoms with Gasteiger partial charge in [-0.2, -0.15) is 0 Å². The normalized spacial score (nSPS) is 22.0. The molecule has 1 aliphatic carbocycles. The molecule has 1 saturated carbocycles. The summed E-state index contributed by atoms with van der Waals surface area (Å²) in [6, 6.07) is 15.2. The zero-order chi connectivity index (χ0) is 14.7. The highest BCUT2D eigenvalue weighted by Gasteiger charge is 2.21. The van der Waals surface area contributed by atoms with Crippen molar-refractivity contribution in [1.82, 2.24) is 5.32 Å². The summed E-state index contributed by atoms with van der Waals surface area (Å²) in [7, 11) is 0. The second-order valence-corrected chi connectivity index (χ2v) is 6.44. The maximum atomic E-state index is 5.47. The van der Waals surface area contributed by atoms with Crippen LogP contribution >= 0.6 is 12.2 Å². The average Bonchev–Trinajstić information content (AvgIpc) is 2.49. The molecular formula is C18H22N2S. The Balaban J connectivity index is 1.65. The highest BCUT2D eigenvalue weighted by atomic mass is 32.1. The Kier molecular flexibility index (Phi) is 4.39. The monoisotopic (exact) mass is 298 g/mol. The van der Waals surface area contributed by atoms with Crippen molar-refractivity contribution in [1.29, 1.82) is 0 Å². The number of fused-ring (bicyclic) bond motifs is 1. The van der Waals surface area contributed by atoms with E-state index in [2.05, 4.69) is 60.0 Å². The fourth-order valence-electron chi connectivity index (χ4n) is 3.13. The first kappa shape index (κ1) is 14.3. The number of rotatable bonds is 2. The molecule has 2 nitrogen and oxygen atoms in total. The van der Waals surface area contributed by atoms with Crippen LogP contribution in [0.5, 0.6) is 0 Å². The summed E-state index contributed by atoms with van der Waals surface area (Å²) in [6.07, 6.45) is 5.18. The Morgan fingerprint density at radius 1 is 1.05 bits per heavy atom. The predicted molar refractivity (Wildman–Crippen MR) is 94.7 cm³/mol. The Bertz CT molecular complexity index is 638. The molecule has 2 N–H and O–H groups in total. The summed E-state index contributed by atoms with van der Waals surface area (Å²) < 4.78 is 0. The van der Waals surface area contributed by atoms with Crippen LogP contribution in [-0.2, 0) is 0 Å². The Morgan fingerprint density at radius 2 is 1.81 bits per heavy atom. The van der Waals surface area contributed by atoms with Gasteiger partial charge in [-0.15, -0.1) is 0 Å². The van der Waals surface area contributed by atoms with Gasteiger partial charge in [0.05, 0.1) is 0 Å². The maximum absolute atomic E-state index is 5.47. The first-order valence-corrected chi connectivity index (χ1v) is 8.19. The lowest BCUT2D eigenvalue weighted by molar-refractivity contribution is 0.309. The van der Waals surface area contributed by atoms with E-state index in [4.69, 9.17) is 12.2 Å². The van der Waals surface area contributed by atoms with Gasteiger partial charge in [0.25, 0.3) is 0 Å². The molecule has 0 aliphatic heterocycles. The molecule has 1 aliphatic rings. The molecule has 2 atom stereocenters. The second kappa shape index (κ2) is 6.44. The Hall–Kier alpha value is -1.61.